The van der Waals surface area contributed by atoms with E-state index in [0.717, 1.165) is 6.42 Å². The van der Waals surface area contributed by atoms with Crippen molar-refractivity contribution in [3.8, 4) is 0 Å². The maximum absolute atomic E-state index is 13.2. The van der Waals surface area contributed by atoms with Crippen LogP contribution in [0.25, 0.3) is 0 Å². The molecule has 4 heteroatoms. The van der Waals surface area contributed by atoms with Crippen molar-refractivity contribution >= 4 is 5.91 Å². The number of hydrogen-bond acceptors (Lipinski definition) is 2. The molecule has 1 aromatic rings. The maximum Gasteiger partial charge on any atom is 0.251 e. The quantitative estimate of drug-likeness (QED) is 0.876. The fourth-order valence-corrected chi connectivity index (χ4v) is 2.12. The van der Waals surface area contributed by atoms with Gasteiger partial charge >= 0.3 is 0 Å². The molecule has 0 radical (unpaired) electrons. The van der Waals surface area contributed by atoms with Crippen LogP contribution in [0.15, 0.2) is 18.2 Å². The molecule has 2 atom stereocenters. The van der Waals surface area contributed by atoms with Gasteiger partial charge in [0.15, 0.2) is 0 Å². The van der Waals surface area contributed by atoms with Crippen LogP contribution in [0.1, 0.15) is 36.2 Å². The van der Waals surface area contributed by atoms with Gasteiger partial charge in [0, 0.05) is 12.2 Å². The smallest absolute Gasteiger partial charge is 0.251 e. The summed E-state index contributed by atoms with van der Waals surface area (Å²) in [6, 6.07) is 4.39. The molecule has 18 heavy (non-hydrogen) atoms. The van der Waals surface area contributed by atoms with Crippen molar-refractivity contribution in [1.29, 1.82) is 0 Å². The second-order valence-electron chi connectivity index (χ2n) is 5.10. The summed E-state index contributed by atoms with van der Waals surface area (Å²) >= 11 is 0. The van der Waals surface area contributed by atoms with Crippen LogP contribution in [0, 0.1) is 12.7 Å². The highest BCUT2D eigenvalue weighted by Crippen LogP contribution is 2.25. The minimum atomic E-state index is -0.348. The number of carbonyl (C=O) groups excluding carboxylic acids is 1. The number of amides is 1. The van der Waals surface area contributed by atoms with Crippen molar-refractivity contribution in [1.82, 2.24) is 5.32 Å². The zero-order valence-electron chi connectivity index (χ0n) is 10.9. The van der Waals surface area contributed by atoms with Gasteiger partial charge in [0.25, 0.3) is 5.91 Å². The van der Waals surface area contributed by atoms with Crippen LogP contribution in [-0.4, -0.2) is 24.2 Å². The Morgan fingerprint density at radius 1 is 1.56 bits per heavy atom. The summed E-state index contributed by atoms with van der Waals surface area (Å²) in [7, 11) is 0. The summed E-state index contributed by atoms with van der Waals surface area (Å²) in [4.78, 5) is 12.1. The van der Waals surface area contributed by atoms with Gasteiger partial charge in [-0.1, -0.05) is 0 Å². The molecule has 1 heterocycles. The van der Waals surface area contributed by atoms with E-state index in [1.807, 2.05) is 13.8 Å². The number of carbonyl (C=O) groups is 1. The van der Waals surface area contributed by atoms with Gasteiger partial charge < -0.3 is 10.1 Å². The zero-order valence-corrected chi connectivity index (χ0v) is 10.9. The lowest BCUT2D eigenvalue weighted by Crippen LogP contribution is -2.50. The van der Waals surface area contributed by atoms with Gasteiger partial charge in [-0.2, -0.15) is 0 Å². The van der Waals surface area contributed by atoms with Crippen molar-refractivity contribution in [2.24, 2.45) is 0 Å². The Balaban J connectivity index is 2.14. The molecule has 2 unspecified atom stereocenters. The van der Waals surface area contributed by atoms with Crippen LogP contribution in [0.2, 0.25) is 0 Å². The van der Waals surface area contributed by atoms with Crippen LogP contribution in [0.3, 0.4) is 0 Å². The molecule has 1 aliphatic heterocycles. The molecule has 3 nitrogen and oxygen atoms in total. The van der Waals surface area contributed by atoms with Gasteiger partial charge in [0.1, 0.15) is 5.82 Å². The largest absolute Gasteiger partial charge is 0.376 e. The molecule has 1 saturated heterocycles. The predicted octanol–water partition coefficient (Wildman–Crippen LogP) is 2.43. The van der Waals surface area contributed by atoms with E-state index >= 15 is 0 Å². The average molecular weight is 251 g/mol. The van der Waals surface area contributed by atoms with Crippen LogP contribution < -0.4 is 5.32 Å². The first-order chi connectivity index (χ1) is 8.42. The molecular weight excluding hydrogens is 233 g/mol. The minimum absolute atomic E-state index is 0.0111. The third-order valence-corrected chi connectivity index (χ3v) is 3.71. The van der Waals surface area contributed by atoms with Gasteiger partial charge in [-0.05, 0) is 51.0 Å². The standard InChI is InChI=1S/C14H18FNO2/c1-9-8-11(4-5-12(9)15)13(17)16-14(3)6-7-18-10(14)2/h4-5,8,10H,6-7H2,1-3H3,(H,16,17). The molecule has 1 fully saturated rings. The monoisotopic (exact) mass is 251 g/mol. The number of halogens is 1. The molecule has 0 saturated carbocycles. The lowest BCUT2D eigenvalue weighted by molar-refractivity contribution is 0.0727. The molecular formula is C14H18FNO2. The first kappa shape index (κ1) is 13.0. The Bertz CT molecular complexity index is 475. The highest BCUT2D eigenvalue weighted by molar-refractivity contribution is 5.94. The second-order valence-corrected chi connectivity index (χ2v) is 5.10. The Morgan fingerprint density at radius 3 is 2.83 bits per heavy atom. The van der Waals surface area contributed by atoms with E-state index in [0.29, 0.717) is 17.7 Å². The third-order valence-electron chi connectivity index (χ3n) is 3.71. The predicted molar refractivity (Wildman–Crippen MR) is 67.0 cm³/mol. The van der Waals surface area contributed by atoms with Crippen molar-refractivity contribution < 1.29 is 13.9 Å². The number of ether oxygens (including phenoxy) is 1. The fourth-order valence-electron chi connectivity index (χ4n) is 2.12. The van der Waals surface area contributed by atoms with E-state index in [-0.39, 0.29) is 23.4 Å². The zero-order chi connectivity index (χ0) is 13.3. The normalized spacial score (nSPS) is 27.2. The maximum atomic E-state index is 13.2. The highest BCUT2D eigenvalue weighted by atomic mass is 19.1. The van der Waals surface area contributed by atoms with Crippen LogP contribution >= 0.6 is 0 Å². The molecule has 2 rings (SSSR count). The molecule has 1 aliphatic rings. The minimum Gasteiger partial charge on any atom is -0.376 e. The van der Waals surface area contributed by atoms with E-state index in [1.54, 1.807) is 13.0 Å². The van der Waals surface area contributed by atoms with Crippen molar-refractivity contribution in [3.63, 3.8) is 0 Å². The number of nitrogens with one attached hydrogen (secondary N) is 1. The number of aryl methyl sites for hydroxylation is 1. The number of benzene rings is 1. The highest BCUT2D eigenvalue weighted by Gasteiger charge is 2.38. The summed E-state index contributed by atoms with van der Waals surface area (Å²) in [6.45, 7) is 6.22. The topological polar surface area (TPSA) is 38.3 Å². The Kier molecular flexibility index (Phi) is 3.39. The molecule has 0 aromatic heterocycles. The second kappa shape index (κ2) is 4.69. The van der Waals surface area contributed by atoms with Crippen molar-refractivity contribution in [3.05, 3.63) is 35.1 Å². The first-order valence-corrected chi connectivity index (χ1v) is 6.13. The van der Waals surface area contributed by atoms with Crippen molar-refractivity contribution in [2.45, 2.75) is 38.8 Å². The molecule has 0 aliphatic carbocycles. The Labute approximate surface area is 106 Å². The number of rotatable bonds is 2. The summed E-state index contributed by atoms with van der Waals surface area (Å²) in [5.41, 5.74) is 0.608. The summed E-state index contributed by atoms with van der Waals surface area (Å²) in [5.74, 6) is -0.478. The fraction of sp³-hybridized carbons (Fsp3) is 0.500. The van der Waals surface area contributed by atoms with Gasteiger partial charge in [0.2, 0.25) is 0 Å². The molecule has 0 spiro atoms. The van der Waals surface area contributed by atoms with E-state index in [9.17, 15) is 9.18 Å². The Morgan fingerprint density at radius 2 is 2.28 bits per heavy atom. The third kappa shape index (κ3) is 2.38. The first-order valence-electron chi connectivity index (χ1n) is 6.13. The van der Waals surface area contributed by atoms with Gasteiger partial charge in [-0.25, -0.2) is 4.39 Å². The average Bonchev–Trinajstić information content (AvgIpc) is 2.63. The van der Waals surface area contributed by atoms with Crippen molar-refractivity contribution in [2.75, 3.05) is 6.61 Å². The van der Waals surface area contributed by atoms with Gasteiger partial charge in [0.05, 0.1) is 11.6 Å². The number of hydrogen-bond donors (Lipinski definition) is 1. The lowest BCUT2D eigenvalue weighted by Gasteiger charge is -2.28. The van der Waals surface area contributed by atoms with E-state index in [2.05, 4.69) is 5.32 Å². The van der Waals surface area contributed by atoms with Gasteiger partial charge in [-0.15, -0.1) is 0 Å². The summed E-state index contributed by atoms with van der Waals surface area (Å²) < 4.78 is 18.6. The van der Waals surface area contributed by atoms with E-state index in [4.69, 9.17) is 4.74 Å². The van der Waals surface area contributed by atoms with E-state index < -0.39 is 0 Å². The van der Waals surface area contributed by atoms with E-state index in [1.165, 1.54) is 12.1 Å². The van der Waals surface area contributed by atoms with Gasteiger partial charge in [-0.3, -0.25) is 4.79 Å². The molecule has 98 valence electrons. The summed E-state index contributed by atoms with van der Waals surface area (Å²) in [5, 5.41) is 2.98. The van der Waals surface area contributed by atoms with Crippen LogP contribution in [-0.2, 0) is 4.74 Å². The Hall–Kier alpha value is -1.42. The molecule has 1 amide bonds. The molecule has 1 N–H and O–H groups in total. The molecule has 0 bridgehead atoms. The van der Waals surface area contributed by atoms with Crippen LogP contribution in [0.5, 0.6) is 0 Å². The van der Waals surface area contributed by atoms with Crippen LogP contribution in [0.4, 0.5) is 4.39 Å². The SMILES string of the molecule is Cc1cc(C(=O)NC2(C)CCOC2C)ccc1F. The molecule has 1 aromatic carbocycles. The summed E-state index contributed by atoms with van der Waals surface area (Å²) in [6.07, 6.45) is 0.781. The lowest BCUT2D eigenvalue weighted by atomic mass is 9.94.